The van der Waals surface area contributed by atoms with Crippen LogP contribution in [0.15, 0.2) is 54.6 Å². The Bertz CT molecular complexity index is 1310. The highest BCUT2D eigenvalue weighted by atomic mass is 35.5. The van der Waals surface area contributed by atoms with E-state index in [0.717, 1.165) is 28.9 Å². The fraction of sp³-hybridized carbons (Fsp3) is 0.231. The van der Waals surface area contributed by atoms with Gasteiger partial charge in [0.2, 0.25) is 5.75 Å². The number of aromatic amines is 1. The molecule has 170 valence electrons. The van der Waals surface area contributed by atoms with Crippen LogP contribution >= 0.6 is 23.2 Å². The van der Waals surface area contributed by atoms with Gasteiger partial charge in [-0.05, 0) is 35.9 Å². The number of fused-ring (bicyclic) bond motifs is 3. The Morgan fingerprint density at radius 1 is 0.909 bits per heavy atom. The van der Waals surface area contributed by atoms with Crippen molar-refractivity contribution in [2.75, 3.05) is 27.9 Å². The van der Waals surface area contributed by atoms with Gasteiger partial charge in [0.15, 0.2) is 17.5 Å². The molecular formula is C26H25Cl2N2O3+. The highest BCUT2D eigenvalue weighted by Crippen LogP contribution is 2.44. The molecule has 0 unspecified atom stereocenters. The molecule has 3 N–H and O–H groups in total. The summed E-state index contributed by atoms with van der Waals surface area (Å²) in [4.78, 5) is 3.69. The van der Waals surface area contributed by atoms with E-state index >= 15 is 0 Å². The summed E-state index contributed by atoms with van der Waals surface area (Å²) in [5.74, 6) is 1.99. The van der Waals surface area contributed by atoms with Crippen molar-refractivity contribution >= 4 is 34.1 Å². The summed E-state index contributed by atoms with van der Waals surface area (Å²) in [6, 6.07) is 18.2. The maximum atomic E-state index is 6.66. The Labute approximate surface area is 202 Å². The third-order valence-electron chi connectivity index (χ3n) is 6.43. The topological polar surface area (TPSA) is 60.1 Å². The van der Waals surface area contributed by atoms with Crippen molar-refractivity contribution in [2.24, 2.45) is 0 Å². The SMILES string of the molecule is COc1cc([C@@H]2[NH2+]C[C@@H](c3ccc(Cl)cc3Cl)c3c2[nH]c2ccccc32)cc(OC)c1OC. The van der Waals surface area contributed by atoms with Gasteiger partial charge in [0.1, 0.15) is 0 Å². The van der Waals surface area contributed by atoms with Crippen molar-refractivity contribution < 1.29 is 19.5 Å². The van der Waals surface area contributed by atoms with Crippen LogP contribution in [-0.4, -0.2) is 32.9 Å². The summed E-state index contributed by atoms with van der Waals surface area (Å²) in [5, 5.41) is 4.85. The number of hydrogen-bond donors (Lipinski definition) is 2. The van der Waals surface area contributed by atoms with E-state index in [2.05, 4.69) is 28.5 Å². The lowest BCUT2D eigenvalue weighted by atomic mass is 9.83. The molecular weight excluding hydrogens is 459 g/mol. The normalized spacial score (nSPS) is 17.6. The van der Waals surface area contributed by atoms with Crippen LogP contribution in [0, 0.1) is 0 Å². The zero-order valence-corrected chi connectivity index (χ0v) is 20.1. The Balaban J connectivity index is 1.70. The highest BCUT2D eigenvalue weighted by molar-refractivity contribution is 6.35. The van der Waals surface area contributed by atoms with Crippen LogP contribution in [0.25, 0.3) is 10.9 Å². The molecule has 1 aliphatic heterocycles. The molecule has 1 aromatic heterocycles. The summed E-state index contributed by atoms with van der Waals surface area (Å²) in [7, 11) is 4.89. The number of H-pyrrole nitrogens is 1. The van der Waals surface area contributed by atoms with Crippen LogP contribution in [0.3, 0.4) is 0 Å². The predicted molar refractivity (Wildman–Crippen MR) is 131 cm³/mol. The van der Waals surface area contributed by atoms with E-state index in [0.29, 0.717) is 27.3 Å². The Kier molecular flexibility index (Phi) is 5.87. The van der Waals surface area contributed by atoms with Crippen molar-refractivity contribution in [1.82, 2.24) is 4.98 Å². The largest absolute Gasteiger partial charge is 0.493 e. The van der Waals surface area contributed by atoms with Crippen LogP contribution < -0.4 is 19.5 Å². The van der Waals surface area contributed by atoms with Crippen molar-refractivity contribution in [1.29, 1.82) is 0 Å². The molecule has 0 bridgehead atoms. The van der Waals surface area contributed by atoms with Crippen LogP contribution in [0.1, 0.15) is 34.3 Å². The fourth-order valence-electron chi connectivity index (χ4n) is 4.96. The van der Waals surface area contributed by atoms with Gasteiger partial charge < -0.3 is 24.5 Å². The minimum absolute atomic E-state index is 0.0310. The Morgan fingerprint density at radius 3 is 2.30 bits per heavy atom. The summed E-state index contributed by atoms with van der Waals surface area (Å²) < 4.78 is 16.8. The number of rotatable bonds is 5. The molecule has 0 spiro atoms. The first-order chi connectivity index (χ1) is 16.0. The van der Waals surface area contributed by atoms with Gasteiger partial charge in [-0.25, -0.2) is 0 Å². The van der Waals surface area contributed by atoms with Crippen molar-refractivity contribution in [3.8, 4) is 17.2 Å². The fourth-order valence-corrected chi connectivity index (χ4v) is 5.50. The molecule has 2 atom stereocenters. The summed E-state index contributed by atoms with van der Waals surface area (Å²) in [6.45, 7) is 0.831. The molecule has 3 aromatic carbocycles. The third kappa shape index (κ3) is 3.70. The second-order valence-corrected chi connectivity index (χ2v) is 8.97. The monoisotopic (exact) mass is 483 g/mol. The van der Waals surface area contributed by atoms with Crippen LogP contribution in [-0.2, 0) is 0 Å². The zero-order valence-electron chi connectivity index (χ0n) is 18.6. The number of halogens is 2. The lowest BCUT2D eigenvalue weighted by Gasteiger charge is -2.29. The van der Waals surface area contributed by atoms with Crippen LogP contribution in [0.2, 0.25) is 10.0 Å². The molecule has 1 aliphatic rings. The van der Waals surface area contributed by atoms with E-state index in [1.54, 1.807) is 21.3 Å². The van der Waals surface area contributed by atoms with E-state index in [-0.39, 0.29) is 12.0 Å². The van der Waals surface area contributed by atoms with E-state index in [4.69, 9.17) is 37.4 Å². The van der Waals surface area contributed by atoms with Crippen LogP contribution in [0.4, 0.5) is 0 Å². The number of aromatic nitrogens is 1. The number of nitrogens with one attached hydrogen (secondary N) is 1. The molecule has 0 amide bonds. The average Bonchev–Trinajstić information content (AvgIpc) is 3.22. The van der Waals surface area contributed by atoms with E-state index in [1.165, 1.54) is 10.9 Å². The smallest absolute Gasteiger partial charge is 0.203 e. The highest BCUT2D eigenvalue weighted by Gasteiger charge is 2.37. The Hall–Kier alpha value is -2.86. The number of quaternary nitrogens is 1. The molecule has 33 heavy (non-hydrogen) atoms. The Morgan fingerprint density at radius 2 is 1.64 bits per heavy atom. The standard InChI is InChI=1S/C26H24Cl2N2O3/c1-31-21-10-14(11-22(32-2)26(21)33-3)24-25-23(17-6-4-5-7-20(17)30-25)18(13-29-24)16-9-8-15(27)12-19(16)28/h4-12,18,24,29-30H,13H2,1-3H3/p+1/t18-,24-/m0/s1. The van der Waals surface area contributed by atoms with Crippen molar-refractivity contribution in [3.05, 3.63) is 87.0 Å². The van der Waals surface area contributed by atoms with E-state index in [9.17, 15) is 0 Å². The predicted octanol–water partition coefficient (Wildman–Crippen LogP) is 5.30. The number of para-hydroxylation sites is 1. The maximum Gasteiger partial charge on any atom is 0.203 e. The van der Waals surface area contributed by atoms with E-state index in [1.807, 2.05) is 36.4 Å². The van der Waals surface area contributed by atoms with E-state index < -0.39 is 0 Å². The molecule has 5 rings (SSSR count). The third-order valence-corrected chi connectivity index (χ3v) is 6.99. The van der Waals surface area contributed by atoms with Gasteiger partial charge in [0, 0.05) is 32.1 Å². The maximum absolute atomic E-state index is 6.66. The summed E-state index contributed by atoms with van der Waals surface area (Å²) in [6.07, 6.45) is 0. The second-order valence-electron chi connectivity index (χ2n) is 8.12. The summed E-state index contributed by atoms with van der Waals surface area (Å²) >= 11 is 12.8. The summed E-state index contributed by atoms with van der Waals surface area (Å²) in [5.41, 5.74) is 5.65. The molecule has 2 heterocycles. The minimum Gasteiger partial charge on any atom is -0.493 e. The molecule has 0 saturated carbocycles. The van der Waals surface area contributed by atoms with Gasteiger partial charge in [0.25, 0.3) is 0 Å². The van der Waals surface area contributed by atoms with Crippen LogP contribution in [0.5, 0.6) is 17.2 Å². The number of methoxy groups -OCH3 is 3. The number of ether oxygens (including phenoxy) is 3. The quantitative estimate of drug-likeness (QED) is 0.404. The molecule has 0 fully saturated rings. The van der Waals surface area contributed by atoms with Crippen molar-refractivity contribution in [2.45, 2.75) is 12.0 Å². The molecule has 0 radical (unpaired) electrons. The number of nitrogens with two attached hydrogens (primary N) is 1. The minimum atomic E-state index is 0.0310. The van der Waals surface area contributed by atoms with Crippen molar-refractivity contribution in [3.63, 3.8) is 0 Å². The van der Waals surface area contributed by atoms with Gasteiger partial charge in [-0.1, -0.05) is 47.5 Å². The first-order valence-electron chi connectivity index (χ1n) is 10.7. The van der Waals surface area contributed by atoms with Gasteiger partial charge in [0.05, 0.1) is 39.5 Å². The lowest BCUT2D eigenvalue weighted by molar-refractivity contribution is -0.692. The molecule has 4 aromatic rings. The second kappa shape index (κ2) is 8.82. The number of benzene rings is 3. The molecule has 5 nitrogen and oxygen atoms in total. The lowest BCUT2D eigenvalue weighted by Crippen LogP contribution is -2.88. The molecule has 7 heteroatoms. The molecule has 0 saturated heterocycles. The zero-order chi connectivity index (χ0) is 23.1. The first-order valence-corrected chi connectivity index (χ1v) is 11.5. The molecule has 0 aliphatic carbocycles. The van der Waals surface area contributed by atoms with Gasteiger partial charge >= 0.3 is 0 Å². The number of hydrogen-bond acceptors (Lipinski definition) is 3. The first kappa shape index (κ1) is 22.0. The van der Waals surface area contributed by atoms with Gasteiger partial charge in [-0.3, -0.25) is 0 Å². The van der Waals surface area contributed by atoms with Gasteiger partial charge in [-0.15, -0.1) is 0 Å². The average molecular weight is 484 g/mol. The van der Waals surface area contributed by atoms with Gasteiger partial charge in [-0.2, -0.15) is 0 Å².